The summed E-state index contributed by atoms with van der Waals surface area (Å²) in [6, 6.07) is 16.7. The summed E-state index contributed by atoms with van der Waals surface area (Å²) in [5, 5.41) is 7.35. The van der Waals surface area contributed by atoms with Gasteiger partial charge in [0.2, 0.25) is 0 Å². The topological polar surface area (TPSA) is 47.0 Å². The number of quaternary nitrogens is 1. The number of piperidine rings is 1. The second kappa shape index (κ2) is 11.0. The fourth-order valence-corrected chi connectivity index (χ4v) is 4.06. The molecule has 6 heteroatoms. The standard InChI is InChI=1S/C23H31N3O2S/c1-3-28-21-13-9-19(10-14-21)25-23(29)24-17-22(26-15-5-4-6-16-26)18-7-11-20(27-2)12-8-18/h7-14,22H,3-6,15-17H2,1-2H3,(H2,24,25,29)/p+1/t22-/m1/s1. The number of hydrogen-bond acceptors (Lipinski definition) is 3. The highest BCUT2D eigenvalue weighted by Gasteiger charge is 2.26. The van der Waals surface area contributed by atoms with E-state index < -0.39 is 0 Å². The Hall–Kier alpha value is -2.31. The lowest BCUT2D eigenvalue weighted by Crippen LogP contribution is -3.13. The van der Waals surface area contributed by atoms with E-state index in [4.69, 9.17) is 21.7 Å². The number of benzene rings is 2. The quantitative estimate of drug-likeness (QED) is 0.579. The lowest BCUT2D eigenvalue weighted by atomic mass is 10.0. The molecule has 2 aromatic rings. The van der Waals surface area contributed by atoms with E-state index in [-0.39, 0.29) is 0 Å². The van der Waals surface area contributed by atoms with Crippen LogP contribution in [0.15, 0.2) is 48.5 Å². The van der Waals surface area contributed by atoms with Crippen LogP contribution < -0.4 is 25.0 Å². The lowest BCUT2D eigenvalue weighted by Gasteiger charge is -2.32. The molecule has 1 aliphatic heterocycles. The minimum Gasteiger partial charge on any atom is -0.497 e. The SMILES string of the molecule is CCOc1ccc(NC(=S)NC[C@H](c2ccc(OC)cc2)[NH+]2CCCCC2)cc1. The highest BCUT2D eigenvalue weighted by Crippen LogP contribution is 2.17. The van der Waals surface area contributed by atoms with Gasteiger partial charge in [0, 0.05) is 11.3 Å². The molecule has 0 amide bonds. The highest BCUT2D eigenvalue weighted by atomic mass is 32.1. The Balaban J connectivity index is 1.61. The molecule has 5 nitrogen and oxygen atoms in total. The van der Waals surface area contributed by atoms with Gasteiger partial charge in [-0.15, -0.1) is 0 Å². The van der Waals surface area contributed by atoms with Crippen molar-refractivity contribution in [3.8, 4) is 11.5 Å². The van der Waals surface area contributed by atoms with Crippen molar-refractivity contribution in [2.45, 2.75) is 32.2 Å². The molecule has 1 saturated heterocycles. The van der Waals surface area contributed by atoms with Crippen molar-refractivity contribution in [1.82, 2.24) is 5.32 Å². The van der Waals surface area contributed by atoms with E-state index in [1.54, 1.807) is 12.0 Å². The third-order valence-corrected chi connectivity index (χ3v) is 5.64. The van der Waals surface area contributed by atoms with E-state index in [2.05, 4.69) is 22.8 Å². The molecule has 0 unspecified atom stereocenters. The van der Waals surface area contributed by atoms with Crippen LogP contribution in [-0.4, -0.2) is 38.5 Å². The molecule has 2 aromatic carbocycles. The number of methoxy groups -OCH3 is 1. The molecule has 156 valence electrons. The van der Waals surface area contributed by atoms with Crippen LogP contribution in [0.25, 0.3) is 0 Å². The first-order chi connectivity index (χ1) is 14.2. The number of hydrogen-bond donors (Lipinski definition) is 3. The second-order valence-electron chi connectivity index (χ2n) is 7.34. The number of thiocarbonyl (C=S) groups is 1. The van der Waals surface area contributed by atoms with E-state index in [1.807, 2.05) is 43.3 Å². The molecule has 0 saturated carbocycles. The van der Waals surface area contributed by atoms with Crippen LogP contribution in [-0.2, 0) is 0 Å². The van der Waals surface area contributed by atoms with Crippen molar-refractivity contribution in [3.05, 3.63) is 54.1 Å². The molecule has 0 aromatic heterocycles. The summed E-state index contributed by atoms with van der Waals surface area (Å²) in [5.41, 5.74) is 2.27. The Bertz CT molecular complexity index is 759. The van der Waals surface area contributed by atoms with Crippen molar-refractivity contribution in [2.75, 3.05) is 38.7 Å². The summed E-state index contributed by atoms with van der Waals surface area (Å²) >= 11 is 5.55. The summed E-state index contributed by atoms with van der Waals surface area (Å²) in [6.07, 6.45) is 3.91. The molecule has 3 rings (SSSR count). The zero-order valence-corrected chi connectivity index (χ0v) is 18.2. The van der Waals surface area contributed by atoms with E-state index in [9.17, 15) is 0 Å². The minimum absolute atomic E-state index is 0.362. The number of anilines is 1. The summed E-state index contributed by atoms with van der Waals surface area (Å²) < 4.78 is 10.8. The summed E-state index contributed by atoms with van der Waals surface area (Å²) in [4.78, 5) is 1.62. The number of rotatable bonds is 8. The van der Waals surface area contributed by atoms with Crippen LogP contribution in [0, 0.1) is 0 Å². The van der Waals surface area contributed by atoms with E-state index >= 15 is 0 Å². The van der Waals surface area contributed by atoms with Gasteiger partial charge < -0.3 is 25.0 Å². The Morgan fingerprint density at radius 3 is 2.28 bits per heavy atom. The average molecular weight is 415 g/mol. The Kier molecular flexibility index (Phi) is 8.14. The smallest absolute Gasteiger partial charge is 0.171 e. The van der Waals surface area contributed by atoms with Gasteiger partial charge in [-0.05, 0) is 86.9 Å². The van der Waals surface area contributed by atoms with Crippen molar-refractivity contribution in [2.24, 2.45) is 0 Å². The number of likely N-dealkylation sites (tertiary alicyclic amines) is 1. The maximum absolute atomic E-state index is 5.55. The van der Waals surface area contributed by atoms with Gasteiger partial charge in [-0.25, -0.2) is 0 Å². The highest BCUT2D eigenvalue weighted by molar-refractivity contribution is 7.80. The monoisotopic (exact) mass is 414 g/mol. The third-order valence-electron chi connectivity index (χ3n) is 5.40. The fraction of sp³-hybridized carbons (Fsp3) is 0.435. The Labute approximate surface area is 179 Å². The first-order valence-corrected chi connectivity index (χ1v) is 10.9. The first-order valence-electron chi connectivity index (χ1n) is 10.5. The molecule has 3 N–H and O–H groups in total. The van der Waals surface area contributed by atoms with Gasteiger partial charge in [-0.1, -0.05) is 0 Å². The maximum Gasteiger partial charge on any atom is 0.171 e. The zero-order valence-electron chi connectivity index (χ0n) is 17.4. The van der Waals surface area contributed by atoms with Crippen LogP contribution in [0.5, 0.6) is 11.5 Å². The van der Waals surface area contributed by atoms with E-state index in [0.717, 1.165) is 23.7 Å². The molecule has 0 bridgehead atoms. The van der Waals surface area contributed by atoms with Crippen LogP contribution in [0.2, 0.25) is 0 Å². The number of ether oxygens (including phenoxy) is 2. The first kappa shape index (κ1) is 21.4. The average Bonchev–Trinajstić information content (AvgIpc) is 2.77. The molecule has 0 radical (unpaired) electrons. The van der Waals surface area contributed by atoms with Crippen LogP contribution in [0.3, 0.4) is 0 Å². The van der Waals surface area contributed by atoms with Gasteiger partial charge in [0.25, 0.3) is 0 Å². The summed E-state index contributed by atoms with van der Waals surface area (Å²) in [6.45, 7) is 5.85. The molecule has 1 aliphatic rings. The molecular formula is C23H32N3O2S+. The van der Waals surface area contributed by atoms with Crippen molar-refractivity contribution < 1.29 is 14.4 Å². The largest absolute Gasteiger partial charge is 0.497 e. The van der Waals surface area contributed by atoms with Gasteiger partial charge in [0.05, 0.1) is 33.4 Å². The predicted molar refractivity (Wildman–Crippen MR) is 122 cm³/mol. The summed E-state index contributed by atoms with van der Waals surface area (Å²) in [7, 11) is 1.70. The van der Waals surface area contributed by atoms with Gasteiger partial charge in [-0.3, -0.25) is 0 Å². The lowest BCUT2D eigenvalue weighted by molar-refractivity contribution is -0.934. The van der Waals surface area contributed by atoms with Gasteiger partial charge in [0.1, 0.15) is 17.5 Å². The molecular weight excluding hydrogens is 382 g/mol. The fourth-order valence-electron chi connectivity index (χ4n) is 3.86. The van der Waals surface area contributed by atoms with E-state index in [1.165, 1.54) is 37.9 Å². The van der Waals surface area contributed by atoms with Crippen LogP contribution in [0.4, 0.5) is 5.69 Å². The van der Waals surface area contributed by atoms with Gasteiger partial charge >= 0.3 is 0 Å². The molecule has 1 heterocycles. The molecule has 0 spiro atoms. The van der Waals surface area contributed by atoms with Crippen LogP contribution >= 0.6 is 12.2 Å². The predicted octanol–water partition coefficient (Wildman–Crippen LogP) is 3.19. The molecule has 29 heavy (non-hydrogen) atoms. The molecule has 1 atom stereocenters. The summed E-state index contributed by atoms with van der Waals surface area (Å²) in [5.74, 6) is 1.76. The van der Waals surface area contributed by atoms with Gasteiger partial charge in [-0.2, -0.15) is 0 Å². The zero-order chi connectivity index (χ0) is 20.5. The number of nitrogens with one attached hydrogen (secondary N) is 3. The second-order valence-corrected chi connectivity index (χ2v) is 7.75. The normalized spacial score (nSPS) is 15.4. The molecule has 0 aliphatic carbocycles. The van der Waals surface area contributed by atoms with Gasteiger partial charge in [0.15, 0.2) is 5.11 Å². The maximum atomic E-state index is 5.55. The Morgan fingerprint density at radius 1 is 1.00 bits per heavy atom. The minimum atomic E-state index is 0.362. The van der Waals surface area contributed by atoms with Crippen LogP contribution in [0.1, 0.15) is 37.8 Å². The molecule has 1 fully saturated rings. The third kappa shape index (κ3) is 6.34. The Morgan fingerprint density at radius 2 is 1.66 bits per heavy atom. The van der Waals surface area contributed by atoms with Crippen molar-refractivity contribution >= 4 is 23.0 Å². The van der Waals surface area contributed by atoms with Crippen molar-refractivity contribution in [1.29, 1.82) is 0 Å². The van der Waals surface area contributed by atoms with E-state index in [0.29, 0.717) is 17.8 Å². The van der Waals surface area contributed by atoms with Crippen molar-refractivity contribution in [3.63, 3.8) is 0 Å².